The molecule has 3 aromatic carbocycles. The standard InChI is InChI=1S/C24H17Cl5N2O4S/c1-36(34,35)17-5-2-15(3-6-17)30-22(32)18-11-16(4-7-19(18)27)31-23(33)21-20(24(21,28)29)12-8-13(25)10-14(26)9-12/h2-11,20-21H,1H3,(H,30,32)(H,31,33). The summed E-state index contributed by atoms with van der Waals surface area (Å²) in [6.07, 6.45) is 1.09. The van der Waals surface area contributed by atoms with Crippen molar-refractivity contribution in [2.45, 2.75) is 15.1 Å². The number of hydrogen-bond acceptors (Lipinski definition) is 4. The van der Waals surface area contributed by atoms with Crippen molar-refractivity contribution in [2.24, 2.45) is 5.92 Å². The molecule has 2 amide bonds. The van der Waals surface area contributed by atoms with Crippen LogP contribution in [-0.4, -0.2) is 30.8 Å². The number of anilines is 2. The number of carbonyl (C=O) groups excluding carboxylic acids is 2. The van der Waals surface area contributed by atoms with E-state index >= 15 is 0 Å². The van der Waals surface area contributed by atoms with E-state index in [1.165, 1.54) is 42.5 Å². The zero-order valence-electron chi connectivity index (χ0n) is 18.4. The number of amides is 2. The predicted molar refractivity (Wildman–Crippen MR) is 145 cm³/mol. The van der Waals surface area contributed by atoms with Crippen LogP contribution < -0.4 is 10.6 Å². The second-order valence-corrected chi connectivity index (χ2v) is 13.0. The van der Waals surface area contributed by atoms with Gasteiger partial charge >= 0.3 is 0 Å². The Labute approximate surface area is 232 Å². The lowest BCUT2D eigenvalue weighted by Gasteiger charge is -2.11. The van der Waals surface area contributed by atoms with Crippen LogP contribution in [0.2, 0.25) is 15.1 Å². The second kappa shape index (κ2) is 10.0. The lowest BCUT2D eigenvalue weighted by molar-refractivity contribution is -0.117. The Morgan fingerprint density at radius 1 is 0.833 bits per heavy atom. The van der Waals surface area contributed by atoms with E-state index in [2.05, 4.69) is 10.6 Å². The Morgan fingerprint density at radius 3 is 2.00 bits per heavy atom. The maximum absolute atomic E-state index is 13.0. The number of halogens is 5. The summed E-state index contributed by atoms with van der Waals surface area (Å²) in [5, 5.41) is 6.31. The van der Waals surface area contributed by atoms with E-state index in [1.54, 1.807) is 18.2 Å². The van der Waals surface area contributed by atoms with E-state index < -0.39 is 37.8 Å². The van der Waals surface area contributed by atoms with Crippen LogP contribution >= 0.6 is 58.0 Å². The number of hydrogen-bond donors (Lipinski definition) is 2. The third kappa shape index (κ3) is 5.77. The summed E-state index contributed by atoms with van der Waals surface area (Å²) in [7, 11) is -3.37. The predicted octanol–water partition coefficient (Wildman–Crippen LogP) is 6.83. The molecule has 4 rings (SSSR count). The highest BCUT2D eigenvalue weighted by atomic mass is 35.5. The van der Waals surface area contributed by atoms with Crippen molar-refractivity contribution in [3.63, 3.8) is 0 Å². The average molecular weight is 607 g/mol. The minimum absolute atomic E-state index is 0.0960. The molecule has 2 atom stereocenters. The molecule has 0 bridgehead atoms. The molecule has 0 aromatic heterocycles. The SMILES string of the molecule is CS(=O)(=O)c1ccc(NC(=O)c2cc(NC(=O)C3C(c4cc(Cl)cc(Cl)c4)C3(Cl)Cl)ccc2Cl)cc1. The van der Waals surface area contributed by atoms with E-state index in [-0.39, 0.29) is 15.5 Å². The lowest BCUT2D eigenvalue weighted by atomic mass is 10.1. The molecule has 0 radical (unpaired) electrons. The third-order valence-electron chi connectivity index (χ3n) is 5.60. The first kappa shape index (κ1) is 27.0. The number of alkyl halides is 2. The van der Waals surface area contributed by atoms with Crippen LogP contribution in [0.4, 0.5) is 11.4 Å². The fourth-order valence-electron chi connectivity index (χ4n) is 3.80. The Balaban J connectivity index is 1.49. The van der Waals surface area contributed by atoms with Crippen molar-refractivity contribution in [3.8, 4) is 0 Å². The van der Waals surface area contributed by atoms with E-state index in [4.69, 9.17) is 58.0 Å². The molecule has 0 spiro atoms. The van der Waals surface area contributed by atoms with Crippen molar-refractivity contribution >= 4 is 91.0 Å². The molecule has 2 unspecified atom stereocenters. The van der Waals surface area contributed by atoms with Gasteiger partial charge in [0, 0.05) is 33.6 Å². The Bertz CT molecular complexity index is 1460. The molecule has 0 heterocycles. The summed E-state index contributed by atoms with van der Waals surface area (Å²) < 4.78 is 21.9. The molecule has 3 aromatic rings. The van der Waals surface area contributed by atoms with Crippen molar-refractivity contribution in [2.75, 3.05) is 16.9 Å². The number of carbonyl (C=O) groups is 2. The van der Waals surface area contributed by atoms with Gasteiger partial charge in [-0.25, -0.2) is 8.42 Å². The molecule has 1 aliphatic carbocycles. The van der Waals surface area contributed by atoms with Gasteiger partial charge in [-0.3, -0.25) is 9.59 Å². The lowest BCUT2D eigenvalue weighted by Crippen LogP contribution is -2.18. The van der Waals surface area contributed by atoms with Crippen molar-refractivity contribution < 1.29 is 18.0 Å². The third-order valence-corrected chi connectivity index (χ3v) is 8.43. The van der Waals surface area contributed by atoms with E-state index in [1.807, 2.05) is 0 Å². The number of nitrogens with one attached hydrogen (secondary N) is 2. The molecule has 2 N–H and O–H groups in total. The first-order valence-electron chi connectivity index (χ1n) is 10.3. The van der Waals surface area contributed by atoms with E-state index in [9.17, 15) is 18.0 Å². The molecule has 1 saturated carbocycles. The Hall–Kier alpha value is -2.00. The number of sulfone groups is 1. The minimum atomic E-state index is -3.37. The number of benzene rings is 3. The van der Waals surface area contributed by atoms with Gasteiger partial charge in [0.1, 0.15) is 4.33 Å². The van der Waals surface area contributed by atoms with Gasteiger partial charge in [0.2, 0.25) is 5.91 Å². The van der Waals surface area contributed by atoms with Gasteiger partial charge in [-0.2, -0.15) is 0 Å². The van der Waals surface area contributed by atoms with Gasteiger partial charge in [-0.05, 0) is 66.2 Å². The first-order valence-corrected chi connectivity index (χ1v) is 14.1. The summed E-state index contributed by atoms with van der Waals surface area (Å²) in [4.78, 5) is 25.9. The van der Waals surface area contributed by atoms with Crippen molar-refractivity contribution in [3.05, 3.63) is 86.9 Å². The van der Waals surface area contributed by atoms with Gasteiger partial charge in [-0.15, -0.1) is 23.2 Å². The van der Waals surface area contributed by atoms with Crippen LogP contribution in [-0.2, 0) is 14.6 Å². The van der Waals surface area contributed by atoms with Gasteiger partial charge in [0.15, 0.2) is 9.84 Å². The summed E-state index contributed by atoms with van der Waals surface area (Å²) in [6, 6.07) is 15.0. The average Bonchev–Trinajstić information content (AvgIpc) is 3.36. The molecule has 12 heteroatoms. The summed E-state index contributed by atoms with van der Waals surface area (Å²) in [6.45, 7) is 0. The van der Waals surface area contributed by atoms with Gasteiger partial charge < -0.3 is 10.6 Å². The van der Waals surface area contributed by atoms with Crippen molar-refractivity contribution in [1.82, 2.24) is 0 Å². The summed E-state index contributed by atoms with van der Waals surface area (Å²) in [5.41, 5.74) is 1.41. The monoisotopic (exact) mass is 604 g/mol. The molecule has 1 fully saturated rings. The van der Waals surface area contributed by atoms with E-state index in [0.29, 0.717) is 27.0 Å². The van der Waals surface area contributed by atoms with Crippen LogP contribution in [0.5, 0.6) is 0 Å². The highest BCUT2D eigenvalue weighted by Crippen LogP contribution is 2.65. The van der Waals surface area contributed by atoms with Gasteiger partial charge in [0.05, 0.1) is 21.4 Å². The minimum Gasteiger partial charge on any atom is -0.326 e. The van der Waals surface area contributed by atoms with Crippen LogP contribution in [0.1, 0.15) is 21.8 Å². The molecule has 1 aliphatic rings. The number of rotatable bonds is 6. The second-order valence-electron chi connectivity index (χ2n) is 8.27. The van der Waals surface area contributed by atoms with Gasteiger partial charge in [0.25, 0.3) is 5.91 Å². The van der Waals surface area contributed by atoms with Crippen LogP contribution in [0.15, 0.2) is 65.6 Å². The Morgan fingerprint density at radius 2 is 1.42 bits per heavy atom. The fraction of sp³-hybridized carbons (Fsp3) is 0.167. The summed E-state index contributed by atoms with van der Waals surface area (Å²) >= 11 is 31.2. The van der Waals surface area contributed by atoms with Crippen LogP contribution in [0.25, 0.3) is 0 Å². The van der Waals surface area contributed by atoms with Crippen LogP contribution in [0, 0.1) is 5.92 Å². The zero-order chi connectivity index (χ0) is 26.4. The summed E-state index contributed by atoms with van der Waals surface area (Å²) in [5.74, 6) is -2.31. The Kier molecular flexibility index (Phi) is 7.55. The maximum atomic E-state index is 13.0. The molecular formula is C24H17Cl5N2O4S. The first-order chi connectivity index (χ1) is 16.8. The smallest absolute Gasteiger partial charge is 0.257 e. The molecule has 0 saturated heterocycles. The van der Waals surface area contributed by atoms with Crippen LogP contribution in [0.3, 0.4) is 0 Å². The van der Waals surface area contributed by atoms with Crippen molar-refractivity contribution in [1.29, 1.82) is 0 Å². The van der Waals surface area contributed by atoms with E-state index in [0.717, 1.165) is 6.26 Å². The highest BCUT2D eigenvalue weighted by Gasteiger charge is 2.67. The molecular weight excluding hydrogens is 590 g/mol. The molecule has 36 heavy (non-hydrogen) atoms. The maximum Gasteiger partial charge on any atom is 0.257 e. The molecule has 188 valence electrons. The molecule has 0 aliphatic heterocycles. The quantitative estimate of drug-likeness (QED) is 0.301. The molecule has 6 nitrogen and oxygen atoms in total. The zero-order valence-corrected chi connectivity index (χ0v) is 23.0. The topological polar surface area (TPSA) is 92.3 Å². The largest absolute Gasteiger partial charge is 0.326 e. The van der Waals surface area contributed by atoms with Gasteiger partial charge in [-0.1, -0.05) is 34.8 Å². The normalized spacial score (nSPS) is 18.4. The highest BCUT2D eigenvalue weighted by molar-refractivity contribution is 7.90. The fourth-order valence-corrected chi connectivity index (χ4v) is 6.01.